The van der Waals surface area contributed by atoms with E-state index in [-0.39, 0.29) is 12.5 Å². The number of carbonyl (C=O) groups is 1. The molecular weight excluding hydrogens is 402 g/mol. The Kier molecular flexibility index (Phi) is 7.02. The smallest absolute Gasteiger partial charge is 0.336 e. The van der Waals surface area contributed by atoms with Crippen LogP contribution in [-0.2, 0) is 11.2 Å². The molecule has 0 fully saturated rings. The van der Waals surface area contributed by atoms with Crippen LogP contribution in [0.1, 0.15) is 18.9 Å². The molecule has 3 rings (SSSR count). The molecular formula is C23H25NO7. The Labute approximate surface area is 179 Å². The van der Waals surface area contributed by atoms with Gasteiger partial charge in [0.1, 0.15) is 11.3 Å². The Morgan fingerprint density at radius 1 is 1.00 bits per heavy atom. The molecule has 0 atom stereocenters. The van der Waals surface area contributed by atoms with Gasteiger partial charge in [0.05, 0.1) is 21.3 Å². The topological polar surface area (TPSA) is 96.2 Å². The lowest BCUT2D eigenvalue weighted by Crippen LogP contribution is -2.20. The van der Waals surface area contributed by atoms with E-state index in [9.17, 15) is 9.59 Å². The normalized spacial score (nSPS) is 10.6. The summed E-state index contributed by atoms with van der Waals surface area (Å²) < 4.78 is 26.7. The predicted molar refractivity (Wildman–Crippen MR) is 117 cm³/mol. The highest BCUT2D eigenvalue weighted by Gasteiger charge is 2.15. The highest BCUT2D eigenvalue weighted by molar-refractivity contribution is 5.92. The van der Waals surface area contributed by atoms with Crippen LogP contribution >= 0.6 is 0 Å². The number of rotatable bonds is 9. The Bertz CT molecular complexity index is 1110. The van der Waals surface area contributed by atoms with Crippen molar-refractivity contribution in [1.82, 2.24) is 0 Å². The van der Waals surface area contributed by atoms with Crippen molar-refractivity contribution in [2.45, 2.75) is 19.8 Å². The lowest BCUT2D eigenvalue weighted by atomic mass is 10.1. The minimum absolute atomic E-state index is 0.235. The molecule has 2 aromatic carbocycles. The Morgan fingerprint density at radius 2 is 1.71 bits per heavy atom. The number of methoxy groups -OCH3 is 3. The largest absolute Gasteiger partial charge is 0.493 e. The van der Waals surface area contributed by atoms with Gasteiger partial charge in [0.15, 0.2) is 18.1 Å². The summed E-state index contributed by atoms with van der Waals surface area (Å²) in [5, 5.41) is 3.59. The zero-order chi connectivity index (χ0) is 22.4. The lowest BCUT2D eigenvalue weighted by molar-refractivity contribution is -0.118. The number of carbonyl (C=O) groups excluding carboxylic acids is 1. The van der Waals surface area contributed by atoms with Crippen molar-refractivity contribution in [3.63, 3.8) is 0 Å². The van der Waals surface area contributed by atoms with E-state index >= 15 is 0 Å². The van der Waals surface area contributed by atoms with E-state index in [1.54, 1.807) is 24.3 Å². The molecule has 0 aliphatic carbocycles. The molecule has 0 spiro atoms. The quantitative estimate of drug-likeness (QED) is 0.519. The number of benzene rings is 2. The van der Waals surface area contributed by atoms with Crippen LogP contribution in [0.3, 0.4) is 0 Å². The molecule has 0 unspecified atom stereocenters. The third kappa shape index (κ3) is 5.09. The molecule has 1 amide bonds. The third-order valence-electron chi connectivity index (χ3n) is 4.64. The molecule has 0 saturated carbocycles. The molecule has 0 saturated heterocycles. The number of hydrogen-bond donors (Lipinski definition) is 1. The van der Waals surface area contributed by atoms with E-state index in [1.807, 2.05) is 13.0 Å². The molecule has 1 heterocycles. The van der Waals surface area contributed by atoms with Crippen LogP contribution in [0.25, 0.3) is 11.0 Å². The average molecular weight is 427 g/mol. The zero-order valence-corrected chi connectivity index (χ0v) is 17.9. The number of fused-ring (bicyclic) bond motifs is 1. The SMILES string of the molecule is CCCc1cc(=O)oc2cc(OCC(=O)Nc3cc(OC)c(OC)c(OC)c3)ccc12. The van der Waals surface area contributed by atoms with Crippen molar-refractivity contribution in [3.05, 3.63) is 52.4 Å². The van der Waals surface area contributed by atoms with Gasteiger partial charge in [0, 0.05) is 35.3 Å². The van der Waals surface area contributed by atoms with E-state index in [2.05, 4.69) is 5.32 Å². The lowest BCUT2D eigenvalue weighted by Gasteiger charge is -2.15. The molecule has 1 aromatic heterocycles. The van der Waals surface area contributed by atoms with Crippen LogP contribution in [0, 0.1) is 0 Å². The standard InChI is InChI=1S/C23H25NO7/c1-5-6-14-9-22(26)31-18-12-16(7-8-17(14)18)30-13-21(25)24-15-10-19(27-2)23(29-4)20(11-15)28-3/h7-12H,5-6,13H2,1-4H3,(H,24,25). The Hall–Kier alpha value is -3.68. The summed E-state index contributed by atoms with van der Waals surface area (Å²) in [4.78, 5) is 24.2. The fourth-order valence-electron chi connectivity index (χ4n) is 3.28. The van der Waals surface area contributed by atoms with Gasteiger partial charge in [-0.2, -0.15) is 0 Å². The number of aryl methyl sites for hydroxylation is 1. The minimum Gasteiger partial charge on any atom is -0.493 e. The van der Waals surface area contributed by atoms with E-state index in [0.717, 1.165) is 23.8 Å². The highest BCUT2D eigenvalue weighted by Crippen LogP contribution is 2.39. The Morgan fingerprint density at radius 3 is 2.32 bits per heavy atom. The van der Waals surface area contributed by atoms with Crippen LogP contribution < -0.4 is 29.9 Å². The van der Waals surface area contributed by atoms with Crippen molar-refractivity contribution < 1.29 is 28.2 Å². The number of ether oxygens (including phenoxy) is 4. The summed E-state index contributed by atoms with van der Waals surface area (Å²) in [6.45, 7) is 1.81. The maximum atomic E-state index is 12.4. The van der Waals surface area contributed by atoms with Crippen molar-refractivity contribution in [3.8, 4) is 23.0 Å². The summed E-state index contributed by atoms with van der Waals surface area (Å²) in [6.07, 6.45) is 1.69. The van der Waals surface area contributed by atoms with Gasteiger partial charge >= 0.3 is 5.63 Å². The third-order valence-corrected chi connectivity index (χ3v) is 4.64. The number of anilines is 1. The van der Waals surface area contributed by atoms with Crippen molar-refractivity contribution in [2.75, 3.05) is 33.3 Å². The average Bonchev–Trinajstić information content (AvgIpc) is 2.76. The molecule has 0 aliphatic rings. The summed E-state index contributed by atoms with van der Waals surface area (Å²) in [5.74, 6) is 1.32. The van der Waals surface area contributed by atoms with E-state index in [1.165, 1.54) is 27.4 Å². The highest BCUT2D eigenvalue weighted by atomic mass is 16.5. The zero-order valence-electron chi connectivity index (χ0n) is 17.9. The van der Waals surface area contributed by atoms with Crippen LogP contribution in [0.15, 0.2) is 45.6 Å². The van der Waals surface area contributed by atoms with Crippen LogP contribution in [0.4, 0.5) is 5.69 Å². The first-order valence-corrected chi connectivity index (χ1v) is 9.78. The van der Waals surface area contributed by atoms with Gasteiger partial charge in [-0.1, -0.05) is 13.3 Å². The first-order valence-electron chi connectivity index (χ1n) is 9.78. The van der Waals surface area contributed by atoms with E-state index in [4.69, 9.17) is 23.4 Å². The molecule has 8 heteroatoms. The van der Waals surface area contributed by atoms with Gasteiger partial charge in [-0.3, -0.25) is 4.79 Å². The molecule has 0 radical (unpaired) electrons. The van der Waals surface area contributed by atoms with Gasteiger partial charge in [-0.05, 0) is 24.1 Å². The fraction of sp³-hybridized carbons (Fsp3) is 0.304. The molecule has 164 valence electrons. The van der Waals surface area contributed by atoms with Crippen LogP contribution in [0.5, 0.6) is 23.0 Å². The van der Waals surface area contributed by atoms with Crippen molar-refractivity contribution >= 4 is 22.6 Å². The maximum Gasteiger partial charge on any atom is 0.336 e. The molecule has 8 nitrogen and oxygen atoms in total. The van der Waals surface area contributed by atoms with Gasteiger partial charge in [-0.15, -0.1) is 0 Å². The molecule has 1 N–H and O–H groups in total. The summed E-state index contributed by atoms with van der Waals surface area (Å²) in [7, 11) is 4.50. The predicted octanol–water partition coefficient (Wildman–Crippen LogP) is 3.79. The second kappa shape index (κ2) is 9.88. The van der Waals surface area contributed by atoms with E-state index in [0.29, 0.717) is 34.3 Å². The van der Waals surface area contributed by atoms with Gasteiger partial charge in [0.2, 0.25) is 5.75 Å². The van der Waals surface area contributed by atoms with E-state index < -0.39 is 5.63 Å². The molecule has 3 aromatic rings. The second-order valence-electron chi connectivity index (χ2n) is 6.75. The van der Waals surface area contributed by atoms with Crippen molar-refractivity contribution in [1.29, 1.82) is 0 Å². The number of amides is 1. The first kappa shape index (κ1) is 22.0. The van der Waals surface area contributed by atoms with Gasteiger partial charge < -0.3 is 28.7 Å². The first-order chi connectivity index (χ1) is 15.0. The summed E-state index contributed by atoms with van der Waals surface area (Å²) >= 11 is 0. The number of hydrogen-bond acceptors (Lipinski definition) is 7. The minimum atomic E-state index is -0.409. The molecule has 0 aliphatic heterocycles. The molecule has 31 heavy (non-hydrogen) atoms. The molecule has 0 bridgehead atoms. The van der Waals surface area contributed by atoms with Gasteiger partial charge in [0.25, 0.3) is 5.91 Å². The van der Waals surface area contributed by atoms with Crippen LogP contribution in [0.2, 0.25) is 0 Å². The second-order valence-corrected chi connectivity index (χ2v) is 6.75. The summed E-state index contributed by atoms with van der Waals surface area (Å²) in [6, 6.07) is 9.95. The number of nitrogens with one attached hydrogen (secondary N) is 1. The monoisotopic (exact) mass is 427 g/mol. The van der Waals surface area contributed by atoms with Crippen molar-refractivity contribution in [2.24, 2.45) is 0 Å². The Balaban J connectivity index is 1.72. The summed E-state index contributed by atoms with van der Waals surface area (Å²) in [5.41, 5.74) is 1.42. The van der Waals surface area contributed by atoms with Gasteiger partial charge in [-0.25, -0.2) is 4.79 Å². The maximum absolute atomic E-state index is 12.4. The van der Waals surface area contributed by atoms with Crippen LogP contribution in [-0.4, -0.2) is 33.8 Å². The fourth-order valence-corrected chi connectivity index (χ4v) is 3.28.